The second-order valence-corrected chi connectivity index (χ2v) is 14.5. The molecule has 0 saturated carbocycles. The zero-order valence-electron chi connectivity index (χ0n) is 31.0. The minimum absolute atomic E-state index is 0.478. The van der Waals surface area contributed by atoms with E-state index in [0.29, 0.717) is 0 Å². The van der Waals surface area contributed by atoms with Gasteiger partial charge >= 0.3 is 0 Å². The molecule has 0 fully saturated rings. The lowest BCUT2D eigenvalue weighted by Gasteiger charge is -2.34. The van der Waals surface area contributed by atoms with Crippen molar-refractivity contribution in [2.45, 2.75) is 5.41 Å². The van der Waals surface area contributed by atoms with Crippen LogP contribution in [0.2, 0.25) is 0 Å². The zero-order valence-corrected chi connectivity index (χ0v) is 31.0. The van der Waals surface area contributed by atoms with Gasteiger partial charge in [-0.2, -0.15) is 0 Å². The van der Waals surface area contributed by atoms with Crippen molar-refractivity contribution in [1.82, 2.24) is 0 Å². The fraction of sp³-hybridized carbons (Fsp3) is 0.0182. The van der Waals surface area contributed by atoms with Crippen molar-refractivity contribution in [3.63, 3.8) is 0 Å². The Labute approximate surface area is 329 Å². The summed E-state index contributed by atoms with van der Waals surface area (Å²) in [7, 11) is 0. The molecule has 0 aromatic heterocycles. The first kappa shape index (κ1) is 33.4. The van der Waals surface area contributed by atoms with Gasteiger partial charge < -0.3 is 4.90 Å². The highest BCUT2D eigenvalue weighted by molar-refractivity contribution is 5.95. The fourth-order valence-corrected chi connectivity index (χ4v) is 8.83. The van der Waals surface area contributed by atoms with Gasteiger partial charge in [0.2, 0.25) is 0 Å². The maximum Gasteiger partial charge on any atom is 0.0713 e. The van der Waals surface area contributed by atoms with E-state index in [1.807, 2.05) is 0 Å². The third-order valence-electron chi connectivity index (χ3n) is 11.4. The van der Waals surface area contributed by atoms with E-state index >= 15 is 0 Å². The summed E-state index contributed by atoms with van der Waals surface area (Å²) in [5.74, 6) is 0. The third kappa shape index (κ3) is 5.65. The molecule has 0 aliphatic heterocycles. The average molecular weight is 714 g/mol. The van der Waals surface area contributed by atoms with Crippen LogP contribution in [0.3, 0.4) is 0 Å². The van der Waals surface area contributed by atoms with Crippen molar-refractivity contribution in [1.29, 1.82) is 0 Å². The third-order valence-corrected chi connectivity index (χ3v) is 11.4. The van der Waals surface area contributed by atoms with Crippen LogP contribution in [-0.4, -0.2) is 0 Å². The monoisotopic (exact) mass is 713 g/mol. The van der Waals surface area contributed by atoms with Gasteiger partial charge in [-0.3, -0.25) is 0 Å². The lowest BCUT2D eigenvalue weighted by molar-refractivity contribution is 0.769. The predicted octanol–water partition coefficient (Wildman–Crippen LogP) is 14.5. The lowest BCUT2D eigenvalue weighted by Crippen LogP contribution is -2.28. The minimum atomic E-state index is -0.478. The van der Waals surface area contributed by atoms with Crippen LogP contribution in [0.25, 0.3) is 44.5 Å². The van der Waals surface area contributed by atoms with Crippen LogP contribution in [0.15, 0.2) is 237 Å². The first-order chi connectivity index (χ1) is 27.8. The summed E-state index contributed by atoms with van der Waals surface area (Å²) in [5, 5.41) is 0. The molecule has 264 valence electrons. The summed E-state index contributed by atoms with van der Waals surface area (Å²) in [6.07, 6.45) is 0. The zero-order chi connectivity index (χ0) is 37.3. The van der Waals surface area contributed by atoms with Crippen molar-refractivity contribution in [2.24, 2.45) is 0 Å². The number of para-hydroxylation sites is 1. The highest BCUT2D eigenvalue weighted by Crippen LogP contribution is 2.58. The molecule has 0 unspecified atom stereocenters. The lowest BCUT2D eigenvalue weighted by atomic mass is 9.67. The van der Waals surface area contributed by atoms with Crippen molar-refractivity contribution < 1.29 is 0 Å². The van der Waals surface area contributed by atoms with Crippen LogP contribution in [-0.2, 0) is 5.41 Å². The first-order valence-corrected chi connectivity index (χ1v) is 19.3. The second-order valence-electron chi connectivity index (χ2n) is 14.5. The number of nitrogens with zero attached hydrogens (tertiary/aromatic N) is 1. The van der Waals surface area contributed by atoms with Crippen LogP contribution in [0.5, 0.6) is 0 Å². The number of rotatable bonds is 8. The maximum absolute atomic E-state index is 2.49. The molecule has 0 radical (unpaired) electrons. The molecule has 0 spiro atoms. The highest BCUT2D eigenvalue weighted by atomic mass is 15.1. The van der Waals surface area contributed by atoms with E-state index in [2.05, 4.69) is 241 Å². The Morgan fingerprint density at radius 2 is 0.643 bits per heavy atom. The quantitative estimate of drug-likeness (QED) is 0.152. The molecule has 0 bridgehead atoms. The molecule has 1 aliphatic rings. The summed E-state index contributed by atoms with van der Waals surface area (Å²) < 4.78 is 0. The number of hydrogen-bond acceptors (Lipinski definition) is 1. The molecule has 0 saturated heterocycles. The summed E-state index contributed by atoms with van der Waals surface area (Å²) in [6.45, 7) is 0. The average Bonchev–Trinajstić information content (AvgIpc) is 3.58. The van der Waals surface area contributed by atoms with E-state index in [1.54, 1.807) is 0 Å². The van der Waals surface area contributed by atoms with E-state index in [-0.39, 0.29) is 0 Å². The number of hydrogen-bond donors (Lipinski definition) is 0. The van der Waals surface area contributed by atoms with Gasteiger partial charge in [0, 0.05) is 17.1 Å². The Kier molecular flexibility index (Phi) is 8.46. The molecule has 1 aliphatic carbocycles. The molecule has 0 N–H and O–H groups in total. The molecule has 1 heteroatoms. The number of benzene rings is 9. The Morgan fingerprint density at radius 3 is 1.21 bits per heavy atom. The van der Waals surface area contributed by atoms with Gasteiger partial charge in [0.1, 0.15) is 0 Å². The van der Waals surface area contributed by atoms with Gasteiger partial charge in [-0.1, -0.05) is 188 Å². The molecule has 9 aromatic carbocycles. The summed E-state index contributed by atoms with van der Waals surface area (Å²) in [4.78, 5) is 2.34. The molecule has 0 amide bonds. The normalized spacial score (nSPS) is 12.4. The highest BCUT2D eigenvalue weighted by Gasteiger charge is 2.46. The summed E-state index contributed by atoms with van der Waals surface area (Å²) in [5.41, 5.74) is 17.8. The van der Waals surface area contributed by atoms with E-state index in [0.717, 1.165) is 17.1 Å². The van der Waals surface area contributed by atoms with Crippen molar-refractivity contribution in [3.8, 4) is 44.5 Å². The van der Waals surface area contributed by atoms with Gasteiger partial charge in [0.25, 0.3) is 0 Å². The number of fused-ring (bicyclic) bond motifs is 3. The van der Waals surface area contributed by atoms with Crippen molar-refractivity contribution in [2.75, 3.05) is 4.90 Å². The predicted molar refractivity (Wildman–Crippen MR) is 235 cm³/mol. The molecule has 9 aromatic rings. The number of anilines is 3. The fourth-order valence-electron chi connectivity index (χ4n) is 8.83. The molecular weight excluding hydrogens is 675 g/mol. The van der Waals surface area contributed by atoms with Gasteiger partial charge in [-0.05, 0) is 115 Å². The summed E-state index contributed by atoms with van der Waals surface area (Å²) in [6, 6.07) is 86.1. The van der Waals surface area contributed by atoms with Gasteiger partial charge in [-0.25, -0.2) is 0 Å². The Balaban J connectivity index is 1.16. The second kappa shape index (κ2) is 14.2. The Bertz CT molecular complexity index is 2700. The van der Waals surface area contributed by atoms with Crippen LogP contribution in [0.4, 0.5) is 17.1 Å². The van der Waals surface area contributed by atoms with Gasteiger partial charge in [-0.15, -0.1) is 0 Å². The van der Waals surface area contributed by atoms with E-state index in [4.69, 9.17) is 0 Å². The minimum Gasteiger partial charge on any atom is -0.311 e. The maximum atomic E-state index is 2.49. The summed E-state index contributed by atoms with van der Waals surface area (Å²) >= 11 is 0. The van der Waals surface area contributed by atoms with E-state index in [9.17, 15) is 0 Å². The first-order valence-electron chi connectivity index (χ1n) is 19.3. The smallest absolute Gasteiger partial charge is 0.0713 e. The molecule has 56 heavy (non-hydrogen) atoms. The van der Waals surface area contributed by atoms with Crippen molar-refractivity contribution in [3.05, 3.63) is 259 Å². The van der Waals surface area contributed by atoms with Crippen LogP contribution >= 0.6 is 0 Å². The molecule has 0 heterocycles. The molecular formula is C55H39N. The van der Waals surface area contributed by atoms with Crippen LogP contribution in [0.1, 0.15) is 22.3 Å². The topological polar surface area (TPSA) is 3.24 Å². The van der Waals surface area contributed by atoms with Crippen LogP contribution < -0.4 is 4.90 Å². The van der Waals surface area contributed by atoms with Crippen LogP contribution in [0, 0.1) is 0 Å². The molecule has 10 rings (SSSR count). The Morgan fingerprint density at radius 1 is 0.250 bits per heavy atom. The molecule has 0 atom stereocenters. The molecule has 1 nitrogen and oxygen atoms in total. The standard InChI is InChI=1S/C55H39N/c1-6-18-40(19-7-1)41-30-34-47(35-31-41)56(46-26-14-5-15-27-46)48-36-32-43(33-37-48)51-39-54-52(38-50(51)42-20-8-2-9-21-42)49-28-16-17-29-53(49)55(54,44-22-10-3-11-23-44)45-24-12-4-13-25-45/h1-39H. The van der Waals surface area contributed by atoms with E-state index in [1.165, 1.54) is 66.8 Å². The SMILES string of the molecule is c1ccc(-c2ccc(N(c3ccccc3)c3ccc(-c4cc5c(cc4-c4ccccc4)-c4ccccc4C5(c4ccccc4)c4ccccc4)cc3)cc2)cc1. The van der Waals surface area contributed by atoms with Gasteiger partial charge in [0.05, 0.1) is 5.41 Å². The van der Waals surface area contributed by atoms with E-state index < -0.39 is 5.41 Å². The largest absolute Gasteiger partial charge is 0.311 e. The van der Waals surface area contributed by atoms with Gasteiger partial charge in [0.15, 0.2) is 0 Å². The Hall–Kier alpha value is -7.22. The van der Waals surface area contributed by atoms with Crippen molar-refractivity contribution >= 4 is 17.1 Å².